The van der Waals surface area contributed by atoms with Gasteiger partial charge in [0.2, 0.25) is 5.91 Å². The normalized spacial score (nSPS) is 14.4. The van der Waals surface area contributed by atoms with Crippen LogP contribution < -0.4 is 5.32 Å². The predicted octanol–water partition coefficient (Wildman–Crippen LogP) is 1.95. The molecule has 1 rings (SSSR count). The fourth-order valence-corrected chi connectivity index (χ4v) is 1.11. The average Bonchev–Trinajstić information content (AvgIpc) is 2.20. The Morgan fingerprint density at radius 2 is 1.80 bits per heavy atom. The minimum atomic E-state index is -0.629. The molecule has 15 heavy (non-hydrogen) atoms. The molecule has 0 aliphatic carbocycles. The molecule has 2 N–H and O–H groups in total. The maximum atomic E-state index is 11.6. The zero-order chi connectivity index (χ0) is 11.4. The Balaban J connectivity index is 2.62. The van der Waals surface area contributed by atoms with E-state index in [0.29, 0.717) is 0 Å². The summed E-state index contributed by atoms with van der Waals surface area (Å²) in [5.41, 5.74) is 1.91. The van der Waals surface area contributed by atoms with Gasteiger partial charge in [-0.05, 0) is 26.0 Å². The van der Waals surface area contributed by atoms with Crippen LogP contribution >= 0.6 is 0 Å². The molecule has 0 fully saturated rings. The molecular formula is C12H17NO2. The Bertz CT molecular complexity index is 330. The third-order valence-electron chi connectivity index (χ3n) is 2.46. The molecule has 0 aromatic heterocycles. The smallest absolute Gasteiger partial charge is 0.229 e. The number of hydrogen-bond acceptors (Lipinski definition) is 2. The lowest BCUT2D eigenvalue weighted by Gasteiger charge is -2.14. The molecule has 0 aliphatic rings. The summed E-state index contributed by atoms with van der Waals surface area (Å²) in [5.74, 6) is -0.555. The quantitative estimate of drug-likeness (QED) is 0.796. The van der Waals surface area contributed by atoms with Gasteiger partial charge in [-0.2, -0.15) is 0 Å². The lowest BCUT2D eigenvalue weighted by molar-refractivity contribution is -0.122. The first-order valence-electron chi connectivity index (χ1n) is 5.06. The number of nitrogens with one attached hydrogen (secondary N) is 1. The summed E-state index contributed by atoms with van der Waals surface area (Å²) in [4.78, 5) is 11.6. The van der Waals surface area contributed by atoms with Gasteiger partial charge in [0.05, 0.1) is 12.0 Å². The van der Waals surface area contributed by atoms with Gasteiger partial charge >= 0.3 is 0 Å². The van der Waals surface area contributed by atoms with Crippen molar-refractivity contribution in [1.29, 1.82) is 0 Å². The maximum Gasteiger partial charge on any atom is 0.229 e. The van der Waals surface area contributed by atoms with Gasteiger partial charge in [-0.15, -0.1) is 0 Å². The van der Waals surface area contributed by atoms with Gasteiger partial charge in [0.25, 0.3) is 0 Å². The second-order valence-electron chi connectivity index (χ2n) is 3.88. The van der Waals surface area contributed by atoms with Crippen LogP contribution in [0.5, 0.6) is 0 Å². The number of aliphatic hydroxyl groups excluding tert-OH is 1. The first-order chi connectivity index (χ1) is 7.00. The number of benzene rings is 1. The van der Waals surface area contributed by atoms with E-state index in [-0.39, 0.29) is 5.91 Å². The summed E-state index contributed by atoms with van der Waals surface area (Å²) in [6.07, 6.45) is -0.629. The van der Waals surface area contributed by atoms with Crippen molar-refractivity contribution in [3.63, 3.8) is 0 Å². The van der Waals surface area contributed by atoms with Crippen molar-refractivity contribution < 1.29 is 9.90 Å². The first-order valence-corrected chi connectivity index (χ1v) is 5.06. The van der Waals surface area contributed by atoms with Crippen molar-refractivity contribution in [3.8, 4) is 0 Å². The number of rotatable bonds is 3. The lowest BCUT2D eigenvalue weighted by Crippen LogP contribution is -2.28. The van der Waals surface area contributed by atoms with Crippen LogP contribution in [-0.4, -0.2) is 17.1 Å². The van der Waals surface area contributed by atoms with Crippen molar-refractivity contribution >= 4 is 11.6 Å². The molecule has 0 radical (unpaired) electrons. The van der Waals surface area contributed by atoms with Crippen molar-refractivity contribution in [2.75, 3.05) is 5.32 Å². The van der Waals surface area contributed by atoms with E-state index in [9.17, 15) is 9.90 Å². The summed E-state index contributed by atoms with van der Waals surface area (Å²) in [6.45, 7) is 5.30. The molecule has 0 saturated heterocycles. The first kappa shape index (κ1) is 11.7. The van der Waals surface area contributed by atoms with Crippen molar-refractivity contribution in [2.24, 2.45) is 5.92 Å². The molecule has 0 heterocycles. The summed E-state index contributed by atoms with van der Waals surface area (Å²) in [5, 5.41) is 12.0. The Morgan fingerprint density at radius 3 is 2.27 bits per heavy atom. The average molecular weight is 207 g/mol. The van der Waals surface area contributed by atoms with Crippen molar-refractivity contribution in [2.45, 2.75) is 26.9 Å². The molecule has 0 spiro atoms. The minimum absolute atomic E-state index is 0.158. The molecule has 3 nitrogen and oxygen atoms in total. The molecule has 1 aromatic carbocycles. The second kappa shape index (κ2) is 4.94. The Morgan fingerprint density at radius 1 is 1.27 bits per heavy atom. The highest BCUT2D eigenvalue weighted by atomic mass is 16.3. The highest BCUT2D eigenvalue weighted by Gasteiger charge is 2.17. The molecule has 0 saturated carbocycles. The van der Waals surface area contributed by atoms with Crippen molar-refractivity contribution in [1.82, 2.24) is 0 Å². The van der Waals surface area contributed by atoms with Crippen LogP contribution in [0.4, 0.5) is 5.69 Å². The van der Waals surface area contributed by atoms with Gasteiger partial charge < -0.3 is 10.4 Å². The van der Waals surface area contributed by atoms with E-state index < -0.39 is 12.0 Å². The molecular weight excluding hydrogens is 190 g/mol. The SMILES string of the molecule is Cc1ccc(NC(=O)C(C)C(C)O)cc1. The van der Waals surface area contributed by atoms with Crippen LogP contribution in [0.15, 0.2) is 24.3 Å². The number of hydrogen-bond donors (Lipinski definition) is 2. The zero-order valence-electron chi connectivity index (χ0n) is 9.32. The molecule has 3 heteroatoms. The Kier molecular flexibility index (Phi) is 3.86. The largest absolute Gasteiger partial charge is 0.393 e. The van der Waals surface area contributed by atoms with Crippen LogP contribution in [-0.2, 0) is 4.79 Å². The van der Waals surface area contributed by atoms with E-state index in [4.69, 9.17) is 0 Å². The molecule has 1 aromatic rings. The fourth-order valence-electron chi connectivity index (χ4n) is 1.11. The molecule has 1 amide bonds. The zero-order valence-corrected chi connectivity index (χ0v) is 9.32. The molecule has 82 valence electrons. The highest BCUT2D eigenvalue weighted by Crippen LogP contribution is 2.11. The van der Waals surface area contributed by atoms with Crippen LogP contribution in [0, 0.1) is 12.8 Å². The highest BCUT2D eigenvalue weighted by molar-refractivity contribution is 5.92. The van der Waals surface area contributed by atoms with E-state index in [2.05, 4.69) is 5.32 Å². The van der Waals surface area contributed by atoms with Crippen LogP contribution in [0.3, 0.4) is 0 Å². The standard InChI is InChI=1S/C12H17NO2/c1-8-4-6-11(7-5-8)13-12(15)9(2)10(3)14/h4-7,9-10,14H,1-3H3,(H,13,15). The number of carbonyl (C=O) groups is 1. The van der Waals surface area contributed by atoms with E-state index in [1.54, 1.807) is 13.8 Å². The number of aryl methyl sites for hydroxylation is 1. The summed E-state index contributed by atoms with van der Waals surface area (Å²) >= 11 is 0. The van der Waals surface area contributed by atoms with Crippen LogP contribution in [0.1, 0.15) is 19.4 Å². The summed E-state index contributed by atoms with van der Waals surface area (Å²) < 4.78 is 0. The van der Waals surface area contributed by atoms with E-state index in [0.717, 1.165) is 11.3 Å². The van der Waals surface area contributed by atoms with E-state index in [1.807, 2.05) is 31.2 Å². The number of carbonyl (C=O) groups excluding carboxylic acids is 1. The van der Waals surface area contributed by atoms with Gasteiger partial charge in [0.1, 0.15) is 0 Å². The predicted molar refractivity (Wildman–Crippen MR) is 60.7 cm³/mol. The minimum Gasteiger partial charge on any atom is -0.393 e. The Labute approximate surface area is 90.1 Å². The van der Waals surface area contributed by atoms with Crippen molar-refractivity contribution in [3.05, 3.63) is 29.8 Å². The third-order valence-corrected chi connectivity index (χ3v) is 2.46. The molecule has 0 bridgehead atoms. The fraction of sp³-hybridized carbons (Fsp3) is 0.417. The second-order valence-corrected chi connectivity index (χ2v) is 3.88. The monoisotopic (exact) mass is 207 g/mol. The topological polar surface area (TPSA) is 49.3 Å². The number of amides is 1. The molecule has 2 atom stereocenters. The van der Waals surface area contributed by atoms with Gasteiger partial charge in [-0.3, -0.25) is 4.79 Å². The third kappa shape index (κ3) is 3.36. The summed E-state index contributed by atoms with van der Waals surface area (Å²) in [6, 6.07) is 7.56. The summed E-state index contributed by atoms with van der Waals surface area (Å²) in [7, 11) is 0. The molecule has 2 unspecified atom stereocenters. The lowest BCUT2D eigenvalue weighted by atomic mass is 10.1. The van der Waals surface area contributed by atoms with Crippen LogP contribution in [0.2, 0.25) is 0 Å². The number of anilines is 1. The van der Waals surface area contributed by atoms with Gasteiger partial charge in [-0.25, -0.2) is 0 Å². The van der Waals surface area contributed by atoms with Gasteiger partial charge in [0, 0.05) is 5.69 Å². The Hall–Kier alpha value is -1.35. The molecule has 0 aliphatic heterocycles. The maximum absolute atomic E-state index is 11.6. The van der Waals surface area contributed by atoms with E-state index in [1.165, 1.54) is 0 Å². The van der Waals surface area contributed by atoms with E-state index >= 15 is 0 Å². The van der Waals surface area contributed by atoms with Crippen LogP contribution in [0.25, 0.3) is 0 Å². The van der Waals surface area contributed by atoms with Gasteiger partial charge in [0.15, 0.2) is 0 Å². The van der Waals surface area contributed by atoms with Gasteiger partial charge in [-0.1, -0.05) is 24.6 Å². The number of aliphatic hydroxyl groups is 1.